The molecule has 0 aromatic carbocycles. The predicted octanol–water partition coefficient (Wildman–Crippen LogP) is 3.24. The molecule has 0 unspecified atom stereocenters. The molecule has 0 bridgehead atoms. The Hall–Kier alpha value is -2.59. The predicted molar refractivity (Wildman–Crippen MR) is 128 cm³/mol. The number of halogens is 2. The average molecular weight is 487 g/mol. The van der Waals surface area contributed by atoms with Crippen LogP contribution in [0.3, 0.4) is 0 Å². The van der Waals surface area contributed by atoms with Gasteiger partial charge < -0.3 is 14.8 Å². The van der Waals surface area contributed by atoms with Gasteiger partial charge in [-0.15, -0.1) is 0 Å². The molecule has 188 valence electrons. The molecule has 2 aromatic rings. The number of anilines is 1. The Morgan fingerprint density at radius 2 is 1.89 bits per heavy atom. The minimum atomic E-state index is -2.63. The molecule has 0 radical (unpaired) electrons. The summed E-state index contributed by atoms with van der Waals surface area (Å²) in [7, 11) is 0. The van der Waals surface area contributed by atoms with Gasteiger partial charge in [0.25, 0.3) is 5.92 Å². The van der Waals surface area contributed by atoms with E-state index in [4.69, 9.17) is 4.98 Å². The number of hydrogen-bond donors (Lipinski definition) is 2. The number of piperidine rings is 2. The Labute approximate surface area is 203 Å². The van der Waals surface area contributed by atoms with E-state index in [1.165, 1.54) is 5.56 Å². The number of imide groups is 1. The number of urea groups is 1. The van der Waals surface area contributed by atoms with E-state index in [1.54, 1.807) is 11.1 Å². The number of nitrogens with zero attached hydrogens (tertiary/aromatic N) is 4. The highest BCUT2D eigenvalue weighted by atomic mass is 19.3. The SMILES string of the molecule is O=C1CCN(c2cnc3c(c2)c(C2CC2)cn3C2CCN(C[C@H]3CCNCC3(F)F)CC2)C(=O)N1. The fourth-order valence-electron chi connectivity index (χ4n) is 5.90. The zero-order valence-corrected chi connectivity index (χ0v) is 19.8. The van der Waals surface area contributed by atoms with Gasteiger partial charge >= 0.3 is 6.03 Å². The second-order valence-electron chi connectivity index (χ2n) is 10.5. The summed E-state index contributed by atoms with van der Waals surface area (Å²) in [6.07, 6.45) is 8.89. The molecular weight excluding hydrogens is 454 g/mol. The fraction of sp³-hybridized carbons (Fsp3) is 0.640. The third kappa shape index (κ3) is 4.42. The van der Waals surface area contributed by atoms with Gasteiger partial charge in [0.15, 0.2) is 0 Å². The van der Waals surface area contributed by atoms with Crippen LogP contribution >= 0.6 is 0 Å². The molecule has 2 N–H and O–H groups in total. The maximum Gasteiger partial charge on any atom is 0.328 e. The standard InChI is InChI=1S/C25H32F2N6O2/c26-25(27)15-28-7-3-17(25)13-31-8-4-18(5-9-31)33-14-21(16-1-2-16)20-11-19(12-29-23(20)33)32-10-6-22(34)30-24(32)35/h11-12,14,16-18,28H,1-10,13,15H2,(H,30,34,35)/t17-/m1/s1. The van der Waals surface area contributed by atoms with Crippen LogP contribution in [-0.2, 0) is 4.79 Å². The molecule has 3 saturated heterocycles. The van der Waals surface area contributed by atoms with E-state index >= 15 is 0 Å². The number of hydrogen-bond acceptors (Lipinski definition) is 5. The summed E-state index contributed by atoms with van der Waals surface area (Å²) in [5.41, 5.74) is 2.91. The third-order valence-electron chi connectivity index (χ3n) is 8.13. The van der Waals surface area contributed by atoms with Crippen molar-refractivity contribution in [3.05, 3.63) is 24.0 Å². The zero-order valence-electron chi connectivity index (χ0n) is 19.8. The Kier molecular flexibility index (Phi) is 5.75. The van der Waals surface area contributed by atoms with Crippen molar-refractivity contribution in [3.63, 3.8) is 0 Å². The Morgan fingerprint density at radius 1 is 1.09 bits per heavy atom. The minimum Gasteiger partial charge on any atom is -0.329 e. The zero-order chi connectivity index (χ0) is 24.2. The highest BCUT2D eigenvalue weighted by molar-refractivity contribution is 6.06. The summed E-state index contributed by atoms with van der Waals surface area (Å²) in [5, 5.41) is 6.27. The van der Waals surface area contributed by atoms with Crippen LogP contribution in [0.4, 0.5) is 19.3 Å². The number of fused-ring (bicyclic) bond motifs is 1. The van der Waals surface area contributed by atoms with E-state index in [-0.39, 0.29) is 24.9 Å². The van der Waals surface area contributed by atoms with Crippen molar-refractivity contribution in [1.82, 2.24) is 25.1 Å². The number of rotatable bonds is 5. The van der Waals surface area contributed by atoms with Crippen LogP contribution in [-0.4, -0.2) is 71.6 Å². The summed E-state index contributed by atoms with van der Waals surface area (Å²) in [6, 6.07) is 1.92. The lowest BCUT2D eigenvalue weighted by Gasteiger charge is -2.38. The summed E-state index contributed by atoms with van der Waals surface area (Å²) >= 11 is 0. The molecule has 1 saturated carbocycles. The van der Waals surface area contributed by atoms with Crippen molar-refractivity contribution in [2.45, 2.75) is 56.4 Å². The van der Waals surface area contributed by atoms with Gasteiger partial charge in [-0.05, 0) is 56.2 Å². The molecule has 3 amide bonds. The van der Waals surface area contributed by atoms with Crippen LogP contribution in [0, 0.1) is 5.92 Å². The molecule has 4 aliphatic rings. The van der Waals surface area contributed by atoms with Crippen molar-refractivity contribution in [1.29, 1.82) is 0 Å². The topological polar surface area (TPSA) is 82.5 Å². The quantitative estimate of drug-likeness (QED) is 0.678. The number of pyridine rings is 1. The molecule has 5 heterocycles. The molecule has 3 aliphatic heterocycles. The molecule has 2 aromatic heterocycles. The van der Waals surface area contributed by atoms with Crippen molar-refractivity contribution >= 4 is 28.7 Å². The van der Waals surface area contributed by atoms with E-state index in [2.05, 4.69) is 26.3 Å². The van der Waals surface area contributed by atoms with Crippen LogP contribution in [0.15, 0.2) is 18.5 Å². The summed E-state index contributed by atoms with van der Waals surface area (Å²) in [6.45, 7) is 2.89. The van der Waals surface area contributed by atoms with E-state index < -0.39 is 17.9 Å². The maximum absolute atomic E-state index is 14.3. The lowest BCUT2D eigenvalue weighted by molar-refractivity contribution is -0.120. The van der Waals surface area contributed by atoms with Crippen LogP contribution in [0.2, 0.25) is 0 Å². The van der Waals surface area contributed by atoms with E-state index in [9.17, 15) is 18.4 Å². The first-order valence-corrected chi connectivity index (χ1v) is 12.8. The molecule has 0 spiro atoms. The van der Waals surface area contributed by atoms with Gasteiger partial charge in [-0.25, -0.2) is 18.6 Å². The van der Waals surface area contributed by atoms with E-state index in [1.807, 2.05) is 6.07 Å². The normalized spacial score (nSPS) is 26.3. The molecule has 10 heteroatoms. The number of carbonyl (C=O) groups excluding carboxylic acids is 2. The first-order chi connectivity index (χ1) is 16.9. The molecule has 35 heavy (non-hydrogen) atoms. The summed E-state index contributed by atoms with van der Waals surface area (Å²) in [5.74, 6) is -2.93. The Balaban J connectivity index is 1.20. The monoisotopic (exact) mass is 486 g/mol. The Bertz CT molecular complexity index is 1140. The lowest BCUT2D eigenvalue weighted by Crippen LogP contribution is -2.51. The van der Waals surface area contributed by atoms with Gasteiger partial charge in [0.1, 0.15) is 5.65 Å². The van der Waals surface area contributed by atoms with Crippen LogP contribution in [0.5, 0.6) is 0 Å². The Morgan fingerprint density at radius 3 is 2.60 bits per heavy atom. The van der Waals surface area contributed by atoms with Crippen molar-refractivity contribution < 1.29 is 18.4 Å². The fourth-order valence-corrected chi connectivity index (χ4v) is 5.90. The second-order valence-corrected chi connectivity index (χ2v) is 10.5. The second kappa shape index (κ2) is 8.81. The van der Waals surface area contributed by atoms with Gasteiger partial charge in [-0.2, -0.15) is 0 Å². The van der Waals surface area contributed by atoms with E-state index in [0.29, 0.717) is 37.7 Å². The summed E-state index contributed by atoms with van der Waals surface area (Å²) in [4.78, 5) is 32.5. The third-order valence-corrected chi connectivity index (χ3v) is 8.13. The number of alkyl halides is 2. The average Bonchev–Trinajstić information content (AvgIpc) is 3.61. The molecule has 4 fully saturated rings. The van der Waals surface area contributed by atoms with Crippen LogP contribution in [0.1, 0.15) is 56.0 Å². The van der Waals surface area contributed by atoms with Gasteiger partial charge in [-0.1, -0.05) is 0 Å². The molecule has 8 nitrogen and oxygen atoms in total. The number of amides is 3. The molecule has 1 atom stereocenters. The number of likely N-dealkylation sites (tertiary alicyclic amines) is 1. The number of nitrogens with one attached hydrogen (secondary N) is 2. The number of carbonyl (C=O) groups is 2. The van der Waals surface area contributed by atoms with Crippen LogP contribution in [0.25, 0.3) is 11.0 Å². The smallest absolute Gasteiger partial charge is 0.328 e. The largest absolute Gasteiger partial charge is 0.329 e. The van der Waals surface area contributed by atoms with Crippen molar-refractivity contribution in [3.8, 4) is 0 Å². The van der Waals surface area contributed by atoms with Crippen molar-refractivity contribution in [2.24, 2.45) is 5.92 Å². The highest BCUT2D eigenvalue weighted by Crippen LogP contribution is 2.45. The van der Waals surface area contributed by atoms with E-state index in [0.717, 1.165) is 49.8 Å². The van der Waals surface area contributed by atoms with Crippen molar-refractivity contribution in [2.75, 3.05) is 44.2 Å². The summed E-state index contributed by atoms with van der Waals surface area (Å²) < 4.78 is 30.9. The number of aromatic nitrogens is 2. The molecular formula is C25H32F2N6O2. The highest BCUT2D eigenvalue weighted by Gasteiger charge is 2.42. The van der Waals surface area contributed by atoms with Crippen LogP contribution < -0.4 is 15.5 Å². The molecule has 6 rings (SSSR count). The van der Waals surface area contributed by atoms with Gasteiger partial charge in [0.05, 0.1) is 18.4 Å². The first-order valence-electron chi connectivity index (χ1n) is 12.8. The molecule has 1 aliphatic carbocycles. The minimum absolute atomic E-state index is 0.212. The van der Waals surface area contributed by atoms with Gasteiger partial charge in [-0.3, -0.25) is 15.0 Å². The lowest BCUT2D eigenvalue weighted by atomic mass is 9.92. The first kappa shape index (κ1) is 22.8. The maximum atomic E-state index is 14.3. The van der Waals surface area contributed by atoms with Gasteiger partial charge in [0.2, 0.25) is 5.91 Å². The van der Waals surface area contributed by atoms with Gasteiger partial charge in [0, 0.05) is 56.1 Å².